The van der Waals surface area contributed by atoms with Gasteiger partial charge in [0.25, 0.3) is 0 Å². The second kappa shape index (κ2) is 3.30. The molecule has 0 saturated carbocycles. The molecule has 3 heteroatoms. The Morgan fingerprint density at radius 2 is 2.08 bits per heavy atom. The molecule has 1 aromatic carbocycles. The zero-order chi connectivity index (χ0) is 8.55. The van der Waals surface area contributed by atoms with E-state index in [1.807, 2.05) is 24.4 Å². The summed E-state index contributed by atoms with van der Waals surface area (Å²) in [6.45, 7) is 0. The van der Waals surface area contributed by atoms with Crippen molar-refractivity contribution in [2.45, 2.75) is 0 Å². The van der Waals surface area contributed by atoms with Gasteiger partial charge in [-0.1, -0.05) is 15.9 Å². The summed E-state index contributed by atoms with van der Waals surface area (Å²) in [5, 5.41) is 1.20. The van der Waals surface area contributed by atoms with Gasteiger partial charge in [-0.25, -0.2) is 0 Å². The summed E-state index contributed by atoms with van der Waals surface area (Å²) in [7, 11) is 0. The van der Waals surface area contributed by atoms with Crippen LogP contribution in [0.4, 0.5) is 0 Å². The summed E-state index contributed by atoms with van der Waals surface area (Å²) in [6.07, 6.45) is 1.83. The van der Waals surface area contributed by atoms with Gasteiger partial charge in [0, 0.05) is 19.6 Å². The van der Waals surface area contributed by atoms with E-state index in [1.54, 1.807) is 0 Å². The van der Waals surface area contributed by atoms with Gasteiger partial charge in [-0.2, -0.15) is 0 Å². The van der Waals surface area contributed by atoms with Crippen LogP contribution in [0.25, 0.3) is 10.9 Å². The first-order chi connectivity index (χ1) is 5.77. The molecule has 0 atom stereocenters. The molecule has 0 unspecified atom stereocenters. The Bertz CT molecular complexity index is 428. The average molecular weight is 334 g/mol. The highest BCUT2D eigenvalue weighted by molar-refractivity contribution is 14.1. The van der Waals surface area contributed by atoms with E-state index in [1.165, 1.54) is 8.96 Å². The third-order valence-electron chi connectivity index (χ3n) is 1.65. The van der Waals surface area contributed by atoms with Gasteiger partial charge in [-0.15, -0.1) is 0 Å². The van der Waals surface area contributed by atoms with Gasteiger partial charge < -0.3 is 0 Å². The Labute approximate surface area is 92.5 Å². The summed E-state index contributed by atoms with van der Waals surface area (Å²) < 4.78 is 2.33. The smallest absolute Gasteiger partial charge is 0.0713 e. The Balaban J connectivity index is 2.88. The van der Waals surface area contributed by atoms with Gasteiger partial charge in [-0.05, 0) is 46.9 Å². The van der Waals surface area contributed by atoms with Crippen molar-refractivity contribution in [2.24, 2.45) is 0 Å². The molecule has 0 fully saturated rings. The molecule has 0 radical (unpaired) electrons. The van der Waals surface area contributed by atoms with Crippen molar-refractivity contribution in [1.29, 1.82) is 0 Å². The first kappa shape index (κ1) is 8.44. The first-order valence-corrected chi connectivity index (χ1v) is 5.34. The van der Waals surface area contributed by atoms with E-state index in [2.05, 4.69) is 49.6 Å². The van der Waals surface area contributed by atoms with E-state index >= 15 is 0 Å². The lowest BCUT2D eigenvalue weighted by molar-refractivity contribution is 1.40. The normalized spacial score (nSPS) is 10.5. The molecule has 12 heavy (non-hydrogen) atoms. The average Bonchev–Trinajstić information content (AvgIpc) is 2.07. The molecular weight excluding hydrogens is 329 g/mol. The maximum Gasteiger partial charge on any atom is 0.0713 e. The lowest BCUT2D eigenvalue weighted by atomic mass is 10.2. The summed E-state index contributed by atoms with van der Waals surface area (Å²) in [5.41, 5.74) is 1.05. The first-order valence-electron chi connectivity index (χ1n) is 3.47. The number of hydrogen-bond acceptors (Lipinski definition) is 1. The van der Waals surface area contributed by atoms with Crippen LogP contribution in [-0.4, -0.2) is 4.98 Å². The summed E-state index contributed by atoms with van der Waals surface area (Å²) in [4.78, 5) is 4.26. The SMILES string of the molecule is Brc1ccc2nccc(I)c2c1. The number of benzene rings is 1. The van der Waals surface area contributed by atoms with E-state index in [0.29, 0.717) is 0 Å². The van der Waals surface area contributed by atoms with Crippen molar-refractivity contribution in [2.75, 3.05) is 0 Å². The third kappa shape index (κ3) is 1.47. The topological polar surface area (TPSA) is 12.9 Å². The molecule has 0 aliphatic rings. The fraction of sp³-hybridized carbons (Fsp3) is 0. The molecule has 1 heterocycles. The maximum atomic E-state index is 4.26. The van der Waals surface area contributed by atoms with Crippen LogP contribution in [0.1, 0.15) is 0 Å². The fourth-order valence-electron chi connectivity index (χ4n) is 1.08. The Kier molecular flexibility index (Phi) is 2.32. The van der Waals surface area contributed by atoms with E-state index in [-0.39, 0.29) is 0 Å². The van der Waals surface area contributed by atoms with Crippen LogP contribution in [0.2, 0.25) is 0 Å². The second-order valence-electron chi connectivity index (χ2n) is 2.45. The van der Waals surface area contributed by atoms with Crippen LogP contribution in [0.3, 0.4) is 0 Å². The van der Waals surface area contributed by atoms with Crippen LogP contribution in [0.5, 0.6) is 0 Å². The van der Waals surface area contributed by atoms with Crippen LogP contribution < -0.4 is 0 Å². The highest BCUT2D eigenvalue weighted by Crippen LogP contribution is 2.22. The largest absolute Gasteiger partial charge is 0.256 e. The van der Waals surface area contributed by atoms with Gasteiger partial charge in [0.15, 0.2) is 0 Å². The van der Waals surface area contributed by atoms with Crippen molar-refractivity contribution in [1.82, 2.24) is 4.98 Å². The molecule has 1 nitrogen and oxygen atoms in total. The van der Waals surface area contributed by atoms with E-state index < -0.39 is 0 Å². The number of fused-ring (bicyclic) bond motifs is 1. The van der Waals surface area contributed by atoms with Crippen LogP contribution in [0.15, 0.2) is 34.9 Å². The Morgan fingerprint density at radius 3 is 2.92 bits per heavy atom. The number of aromatic nitrogens is 1. The van der Waals surface area contributed by atoms with Crippen LogP contribution in [-0.2, 0) is 0 Å². The molecule has 0 saturated heterocycles. The lowest BCUT2D eigenvalue weighted by Gasteiger charge is -1.99. The van der Waals surface area contributed by atoms with Gasteiger partial charge in [-0.3, -0.25) is 4.98 Å². The number of halogens is 2. The van der Waals surface area contributed by atoms with Crippen LogP contribution >= 0.6 is 38.5 Å². The van der Waals surface area contributed by atoms with Crippen molar-refractivity contribution in [3.05, 3.63) is 38.5 Å². The number of nitrogens with zero attached hydrogens (tertiary/aromatic N) is 1. The molecule has 1 aromatic heterocycles. The Hall–Kier alpha value is -0.160. The molecule has 60 valence electrons. The molecular formula is C9H5BrIN. The molecule has 0 N–H and O–H groups in total. The molecule has 2 aromatic rings. The molecule has 0 amide bonds. The van der Waals surface area contributed by atoms with Crippen molar-refractivity contribution >= 4 is 49.4 Å². The number of rotatable bonds is 0. The predicted molar refractivity (Wildman–Crippen MR) is 62.2 cm³/mol. The zero-order valence-electron chi connectivity index (χ0n) is 6.09. The standard InChI is InChI=1S/C9H5BrIN/c10-6-1-2-9-7(5-6)8(11)3-4-12-9/h1-5H. The number of hydrogen-bond donors (Lipinski definition) is 0. The van der Waals surface area contributed by atoms with E-state index in [9.17, 15) is 0 Å². The highest BCUT2D eigenvalue weighted by Gasteiger charge is 1.98. The van der Waals surface area contributed by atoms with Crippen molar-refractivity contribution < 1.29 is 0 Å². The monoisotopic (exact) mass is 333 g/mol. The van der Waals surface area contributed by atoms with Crippen molar-refractivity contribution in [3.63, 3.8) is 0 Å². The third-order valence-corrected chi connectivity index (χ3v) is 3.08. The molecule has 0 aliphatic carbocycles. The molecule has 0 spiro atoms. The quantitative estimate of drug-likeness (QED) is 0.671. The van der Waals surface area contributed by atoms with Gasteiger partial charge in [0.1, 0.15) is 0 Å². The van der Waals surface area contributed by atoms with Crippen molar-refractivity contribution in [3.8, 4) is 0 Å². The minimum absolute atomic E-state index is 1.05. The zero-order valence-corrected chi connectivity index (χ0v) is 9.83. The minimum Gasteiger partial charge on any atom is -0.256 e. The van der Waals surface area contributed by atoms with E-state index in [0.717, 1.165) is 9.99 Å². The summed E-state index contributed by atoms with van der Waals surface area (Å²) in [6, 6.07) is 8.12. The molecule has 0 bridgehead atoms. The Morgan fingerprint density at radius 1 is 1.25 bits per heavy atom. The molecule has 0 aliphatic heterocycles. The maximum absolute atomic E-state index is 4.26. The fourth-order valence-corrected chi connectivity index (χ4v) is 2.04. The number of pyridine rings is 1. The van der Waals surface area contributed by atoms with Crippen LogP contribution in [0, 0.1) is 3.57 Å². The van der Waals surface area contributed by atoms with Gasteiger partial charge in [0.05, 0.1) is 5.52 Å². The van der Waals surface area contributed by atoms with Gasteiger partial charge in [0.2, 0.25) is 0 Å². The van der Waals surface area contributed by atoms with Gasteiger partial charge >= 0.3 is 0 Å². The summed E-state index contributed by atoms with van der Waals surface area (Å²) >= 11 is 5.75. The second-order valence-corrected chi connectivity index (χ2v) is 4.53. The lowest BCUT2D eigenvalue weighted by Crippen LogP contribution is -1.80. The minimum atomic E-state index is 1.05. The highest BCUT2D eigenvalue weighted by atomic mass is 127. The van der Waals surface area contributed by atoms with E-state index in [4.69, 9.17) is 0 Å². The molecule has 2 rings (SSSR count). The predicted octanol–water partition coefficient (Wildman–Crippen LogP) is 3.60. The summed E-state index contributed by atoms with van der Waals surface area (Å²) in [5.74, 6) is 0.